The number of nitrogens with one attached hydrogen (secondary N) is 1. The molecule has 2 aliphatic rings. The molecule has 13 aromatic rings. The average Bonchev–Trinajstić information content (AvgIpc) is 4.15. The molecule has 0 fully saturated rings. The van der Waals surface area contributed by atoms with E-state index >= 15 is 0 Å². The fourth-order valence-electron chi connectivity index (χ4n) is 12.9. The molecule has 0 saturated heterocycles. The number of fused-ring (bicyclic) bond motifs is 13. The van der Waals surface area contributed by atoms with Crippen LogP contribution in [0.25, 0.3) is 112 Å². The van der Waals surface area contributed by atoms with Crippen molar-refractivity contribution in [3.05, 3.63) is 187 Å². The zero-order chi connectivity index (χ0) is 50.0. The summed E-state index contributed by atoms with van der Waals surface area (Å²) >= 11 is 3.86. The number of hydrogen-bond donors (Lipinski definition) is 1. The van der Waals surface area contributed by atoms with Gasteiger partial charge in [0.15, 0.2) is 7.28 Å². The summed E-state index contributed by atoms with van der Waals surface area (Å²) < 4.78 is 13.3. The molecule has 0 bridgehead atoms. The quantitative estimate of drug-likeness (QED) is 0.174. The van der Waals surface area contributed by atoms with Crippen molar-refractivity contribution in [2.45, 2.75) is 77.6 Å². The Morgan fingerprint density at radius 1 is 0.541 bits per heavy atom. The molecule has 1 N–H and O–H groups in total. The lowest BCUT2D eigenvalue weighted by Crippen LogP contribution is -2.37. The highest BCUT2D eigenvalue weighted by Gasteiger charge is 2.38. The van der Waals surface area contributed by atoms with Gasteiger partial charge in [0, 0.05) is 96.5 Å². The molecular weight excluding hydrogens is 936 g/mol. The number of benzene rings is 9. The third-order valence-electron chi connectivity index (χ3n) is 17.0. The highest BCUT2D eigenvalue weighted by Crippen LogP contribution is 2.52. The largest absolute Gasteiger partial charge is 0.456 e. The van der Waals surface area contributed by atoms with Gasteiger partial charge >= 0.3 is 0 Å². The van der Waals surface area contributed by atoms with Gasteiger partial charge in [0.1, 0.15) is 11.2 Å². The number of anilines is 2. The van der Waals surface area contributed by atoms with Crippen LogP contribution in [0.2, 0.25) is 0 Å². The van der Waals surface area contributed by atoms with Crippen LogP contribution in [0.15, 0.2) is 174 Å². The van der Waals surface area contributed by atoms with Crippen LogP contribution >= 0.6 is 22.7 Å². The van der Waals surface area contributed by atoms with E-state index in [2.05, 4.69) is 228 Å². The Bertz CT molecular complexity index is 4500. The third-order valence-corrected chi connectivity index (χ3v) is 19.3. The molecule has 0 atom stereocenters. The van der Waals surface area contributed by atoms with Gasteiger partial charge in [-0.2, -0.15) is 0 Å². The minimum atomic E-state index is 0.0609. The summed E-state index contributed by atoms with van der Waals surface area (Å²) in [6.07, 6.45) is 2.39. The van der Waals surface area contributed by atoms with Gasteiger partial charge in [-0.3, -0.25) is 0 Å². The summed E-state index contributed by atoms with van der Waals surface area (Å²) in [6, 6.07) is 64.2. The van der Waals surface area contributed by atoms with Gasteiger partial charge in [-0.25, -0.2) is 0 Å². The molecule has 1 aliphatic heterocycles. The number of nitrogens with zero attached hydrogens (tertiary/aromatic N) is 1. The molecule has 9 aromatic carbocycles. The van der Waals surface area contributed by atoms with Gasteiger partial charge in [-0.15, -0.1) is 22.7 Å². The van der Waals surface area contributed by atoms with Gasteiger partial charge in [-0.1, -0.05) is 157 Å². The number of hydrogen-bond acceptors (Lipinski definition) is 4. The monoisotopic (exact) mass is 990 g/mol. The van der Waals surface area contributed by atoms with E-state index in [9.17, 15) is 0 Å². The van der Waals surface area contributed by atoms with Crippen molar-refractivity contribution in [1.29, 1.82) is 0 Å². The van der Waals surface area contributed by atoms with Crippen LogP contribution in [0.3, 0.4) is 0 Å². The van der Waals surface area contributed by atoms with E-state index in [4.69, 9.17) is 4.42 Å². The molecule has 15 rings (SSSR count). The number of furan rings is 1. The van der Waals surface area contributed by atoms with Crippen molar-refractivity contribution in [2.75, 3.05) is 5.32 Å². The lowest BCUT2D eigenvalue weighted by Gasteiger charge is -2.41. The summed E-state index contributed by atoms with van der Waals surface area (Å²) in [6.45, 7) is 16.6. The number of thiophene rings is 2. The topological polar surface area (TPSA) is 30.1 Å². The Kier molecular flexibility index (Phi) is 9.29. The molecule has 6 heteroatoms. The lowest BCUT2D eigenvalue weighted by atomic mass is 9.59. The number of rotatable bonds is 5. The summed E-state index contributed by atoms with van der Waals surface area (Å²) in [5.41, 5.74) is 21.3. The number of aromatic nitrogens is 1. The Morgan fingerprint density at radius 2 is 1.22 bits per heavy atom. The van der Waals surface area contributed by atoms with Gasteiger partial charge in [0.05, 0.1) is 5.52 Å². The normalized spacial score (nSPS) is 14.9. The molecule has 0 radical (unpaired) electrons. The first-order valence-electron chi connectivity index (χ1n) is 26.3. The molecular formula is C68H55BN2OS2. The molecule has 0 spiro atoms. The second-order valence-electron chi connectivity index (χ2n) is 23.6. The predicted octanol–water partition coefficient (Wildman–Crippen LogP) is 18.4. The minimum Gasteiger partial charge on any atom is -0.456 e. The third kappa shape index (κ3) is 6.56. The van der Waals surface area contributed by atoms with E-state index in [-0.39, 0.29) is 16.2 Å². The Hall–Kier alpha value is -7.38. The predicted molar refractivity (Wildman–Crippen MR) is 323 cm³/mol. The van der Waals surface area contributed by atoms with Gasteiger partial charge in [0.2, 0.25) is 0 Å². The SMILES string of the molecule is CC(C)(C)c1ccc(Nc2cc3sc4cc5c(cc4c3cc2-c2ccc3c4cc6c(cc4n4c3c2Bc2cc3sc(-c7ccccc7)c(-c7ccccc7)c3cc2-4)oc2ccccc26)C(C)(C)CCC5(C)C)cc1. The fraction of sp³-hybridized carbons (Fsp3) is 0.176. The summed E-state index contributed by atoms with van der Waals surface area (Å²) in [4.78, 5) is 1.30. The van der Waals surface area contributed by atoms with Crippen molar-refractivity contribution < 1.29 is 4.42 Å². The van der Waals surface area contributed by atoms with Crippen LogP contribution in [0.5, 0.6) is 0 Å². The maximum Gasteiger partial charge on any atom is 0.198 e. The Morgan fingerprint density at radius 3 is 1.97 bits per heavy atom. The molecule has 0 saturated carbocycles. The highest BCUT2D eigenvalue weighted by molar-refractivity contribution is 7.26. The molecule has 0 unspecified atom stereocenters. The van der Waals surface area contributed by atoms with Crippen molar-refractivity contribution >= 4 is 126 Å². The first kappa shape index (κ1) is 44.1. The van der Waals surface area contributed by atoms with Crippen LogP contribution < -0.4 is 16.2 Å². The van der Waals surface area contributed by atoms with Crippen molar-refractivity contribution in [3.8, 4) is 38.4 Å². The standard InChI is InChI=1S/C68H55BN2OS2/c1-66(2,3)40-22-24-41(25-23-40)70-54-36-61-48(49-32-51-52(34-59(49)73-61)68(6,7)29-28-67(51,4)5)30-45(54)43-26-27-44-46-31-47-42-20-14-15-21-57(42)72-58(47)37-55(46)71-56-33-50-60(35-53(56)69-63(43)64(44)71)74-65(39-18-12-9-13-19-39)62(50)38-16-10-8-11-17-38/h8-27,30-37,69-70H,28-29H2,1-7H3. The second-order valence-corrected chi connectivity index (χ2v) is 25.7. The zero-order valence-electron chi connectivity index (χ0n) is 43.0. The fourth-order valence-corrected chi connectivity index (χ4v) is 15.3. The van der Waals surface area contributed by atoms with Crippen LogP contribution in [-0.2, 0) is 16.2 Å². The minimum absolute atomic E-state index is 0.0609. The maximum absolute atomic E-state index is 6.69. The average molecular weight is 991 g/mol. The van der Waals surface area contributed by atoms with Crippen LogP contribution in [-0.4, -0.2) is 11.8 Å². The van der Waals surface area contributed by atoms with E-state index in [1.54, 1.807) is 0 Å². The molecule has 3 nitrogen and oxygen atoms in total. The maximum atomic E-state index is 6.69. The zero-order valence-corrected chi connectivity index (χ0v) is 44.6. The van der Waals surface area contributed by atoms with Crippen molar-refractivity contribution in [3.63, 3.8) is 0 Å². The molecule has 358 valence electrons. The molecule has 74 heavy (non-hydrogen) atoms. The van der Waals surface area contributed by atoms with Gasteiger partial charge in [-0.05, 0) is 129 Å². The smallest absolute Gasteiger partial charge is 0.198 e. The second kappa shape index (κ2) is 15.6. The highest BCUT2D eigenvalue weighted by atomic mass is 32.1. The van der Waals surface area contributed by atoms with Crippen molar-refractivity contribution in [1.82, 2.24) is 4.57 Å². The van der Waals surface area contributed by atoms with Gasteiger partial charge in [0.25, 0.3) is 0 Å². The first-order valence-corrected chi connectivity index (χ1v) is 27.9. The molecule has 5 heterocycles. The molecule has 0 amide bonds. The van der Waals surface area contributed by atoms with Crippen LogP contribution in [0.1, 0.15) is 78.0 Å². The Labute approximate surface area is 440 Å². The van der Waals surface area contributed by atoms with E-state index in [1.807, 2.05) is 22.7 Å². The van der Waals surface area contributed by atoms with E-state index in [0.29, 0.717) is 0 Å². The van der Waals surface area contributed by atoms with Crippen LogP contribution in [0.4, 0.5) is 11.4 Å². The molecule has 1 aliphatic carbocycles. The van der Waals surface area contributed by atoms with Crippen molar-refractivity contribution in [2.24, 2.45) is 0 Å². The summed E-state index contributed by atoms with van der Waals surface area (Å²) in [5.74, 6) is 0. The van der Waals surface area contributed by atoms with E-state index in [0.717, 1.165) is 46.1 Å². The first-order chi connectivity index (χ1) is 35.8. The number of para-hydroxylation sites is 1. The van der Waals surface area contributed by atoms with Gasteiger partial charge < -0.3 is 14.3 Å². The Balaban J connectivity index is 1.02. The lowest BCUT2D eigenvalue weighted by molar-refractivity contribution is 0.332. The van der Waals surface area contributed by atoms with E-state index in [1.165, 1.54) is 125 Å². The van der Waals surface area contributed by atoms with Crippen LogP contribution in [0, 0.1) is 0 Å². The molecule has 4 aromatic heterocycles. The summed E-state index contributed by atoms with van der Waals surface area (Å²) in [7, 11) is 0.797. The summed E-state index contributed by atoms with van der Waals surface area (Å²) in [5, 5.41) is 12.8. The van der Waals surface area contributed by atoms with E-state index < -0.39 is 0 Å².